The summed E-state index contributed by atoms with van der Waals surface area (Å²) in [6.07, 6.45) is 2.50. The third kappa shape index (κ3) is 4.00. The molecule has 132 valence electrons. The molecular formula is C14H16N6O2S3. The molecule has 1 atom stereocenters. The molecule has 1 aliphatic rings. The second-order valence-corrected chi connectivity index (χ2v) is 8.84. The number of ether oxygens (including phenoxy) is 1. The summed E-state index contributed by atoms with van der Waals surface area (Å²) in [4.78, 5) is 16.9. The maximum atomic E-state index is 11.9. The highest BCUT2D eigenvalue weighted by Crippen LogP contribution is 2.29. The third-order valence-corrected chi connectivity index (χ3v) is 6.76. The van der Waals surface area contributed by atoms with Crippen molar-refractivity contribution in [3.8, 4) is 0 Å². The van der Waals surface area contributed by atoms with Gasteiger partial charge in [0.05, 0.1) is 11.9 Å². The van der Waals surface area contributed by atoms with Gasteiger partial charge in [0.2, 0.25) is 10.1 Å². The Bertz CT molecular complexity index is 930. The molecule has 0 radical (unpaired) electrons. The van der Waals surface area contributed by atoms with Crippen LogP contribution in [0.5, 0.6) is 0 Å². The summed E-state index contributed by atoms with van der Waals surface area (Å²) in [6, 6.07) is 1.49. The van der Waals surface area contributed by atoms with Gasteiger partial charge in [-0.15, -0.1) is 10.2 Å². The van der Waals surface area contributed by atoms with Crippen molar-refractivity contribution in [1.29, 1.82) is 0 Å². The fourth-order valence-electron chi connectivity index (χ4n) is 2.49. The number of aryl methyl sites for hydroxylation is 1. The Morgan fingerprint density at radius 3 is 3.20 bits per heavy atom. The summed E-state index contributed by atoms with van der Waals surface area (Å²) >= 11 is 4.49. The predicted octanol–water partition coefficient (Wildman–Crippen LogP) is 2.19. The first kappa shape index (κ1) is 16.9. The lowest BCUT2D eigenvalue weighted by Gasteiger charge is -2.08. The molecule has 0 spiro atoms. The summed E-state index contributed by atoms with van der Waals surface area (Å²) in [5, 5.41) is 17.6. The van der Waals surface area contributed by atoms with Crippen molar-refractivity contribution in [3.63, 3.8) is 0 Å². The Labute approximate surface area is 155 Å². The van der Waals surface area contributed by atoms with Crippen molar-refractivity contribution < 1.29 is 4.74 Å². The Morgan fingerprint density at radius 1 is 1.44 bits per heavy atom. The van der Waals surface area contributed by atoms with E-state index in [-0.39, 0.29) is 11.7 Å². The third-order valence-electron chi connectivity index (χ3n) is 3.65. The number of aromatic nitrogens is 5. The molecule has 1 saturated heterocycles. The minimum absolute atomic E-state index is 0.147. The van der Waals surface area contributed by atoms with E-state index in [0.29, 0.717) is 16.4 Å². The Hall–Kier alpha value is -1.56. The van der Waals surface area contributed by atoms with Crippen LogP contribution < -0.4 is 10.9 Å². The summed E-state index contributed by atoms with van der Waals surface area (Å²) < 4.78 is 7.80. The zero-order valence-electron chi connectivity index (χ0n) is 13.5. The number of hydrogen-bond acceptors (Lipinski definition) is 10. The van der Waals surface area contributed by atoms with Crippen LogP contribution in [0.3, 0.4) is 0 Å². The molecule has 3 aromatic rings. The van der Waals surface area contributed by atoms with E-state index < -0.39 is 0 Å². The average Bonchev–Trinajstić information content (AvgIpc) is 3.31. The predicted molar refractivity (Wildman–Crippen MR) is 98.8 cm³/mol. The van der Waals surface area contributed by atoms with Crippen LogP contribution >= 0.6 is 34.4 Å². The van der Waals surface area contributed by atoms with Crippen molar-refractivity contribution in [2.45, 2.75) is 36.0 Å². The lowest BCUT2D eigenvalue weighted by atomic mass is 10.2. The summed E-state index contributed by atoms with van der Waals surface area (Å²) in [6.45, 7) is 3.43. The van der Waals surface area contributed by atoms with Gasteiger partial charge in [0, 0.05) is 24.9 Å². The van der Waals surface area contributed by atoms with Crippen LogP contribution in [-0.4, -0.2) is 44.1 Å². The first-order valence-electron chi connectivity index (χ1n) is 7.85. The van der Waals surface area contributed by atoms with Crippen LogP contribution in [0.15, 0.2) is 15.2 Å². The number of thioether (sulfide) groups is 1. The molecule has 8 nitrogen and oxygen atoms in total. The molecule has 3 aromatic heterocycles. The monoisotopic (exact) mass is 396 g/mol. The molecule has 0 amide bonds. The Balaban J connectivity index is 1.36. The van der Waals surface area contributed by atoms with Crippen molar-refractivity contribution in [3.05, 3.63) is 27.1 Å². The maximum Gasteiger partial charge on any atom is 0.275 e. The van der Waals surface area contributed by atoms with Crippen LogP contribution in [0.1, 0.15) is 23.5 Å². The van der Waals surface area contributed by atoms with Gasteiger partial charge in [-0.05, 0) is 19.8 Å². The summed E-state index contributed by atoms with van der Waals surface area (Å²) in [7, 11) is 0. The van der Waals surface area contributed by atoms with Gasteiger partial charge in [-0.25, -0.2) is 4.98 Å². The molecule has 25 heavy (non-hydrogen) atoms. The number of anilines is 1. The normalized spacial score (nSPS) is 17.4. The molecule has 1 unspecified atom stereocenters. The molecular weight excluding hydrogens is 380 g/mol. The lowest BCUT2D eigenvalue weighted by Crippen LogP contribution is -2.18. The van der Waals surface area contributed by atoms with Gasteiger partial charge in [-0.3, -0.25) is 4.79 Å². The van der Waals surface area contributed by atoms with E-state index in [1.54, 1.807) is 11.8 Å². The van der Waals surface area contributed by atoms with Gasteiger partial charge in [-0.2, -0.15) is 9.61 Å². The average molecular weight is 397 g/mol. The topological polar surface area (TPSA) is 94.3 Å². The van der Waals surface area contributed by atoms with Gasteiger partial charge in [0.25, 0.3) is 5.56 Å². The highest BCUT2D eigenvalue weighted by Gasteiger charge is 2.16. The van der Waals surface area contributed by atoms with Crippen LogP contribution in [0.4, 0.5) is 5.13 Å². The lowest BCUT2D eigenvalue weighted by molar-refractivity contribution is 0.120. The molecule has 4 rings (SSSR count). The maximum absolute atomic E-state index is 11.9. The van der Waals surface area contributed by atoms with Gasteiger partial charge >= 0.3 is 0 Å². The number of nitrogens with zero attached hydrogens (tertiary/aromatic N) is 5. The molecule has 1 aliphatic heterocycles. The Kier molecular flexibility index (Phi) is 4.97. The Morgan fingerprint density at radius 2 is 2.36 bits per heavy atom. The molecule has 0 saturated carbocycles. The molecule has 0 bridgehead atoms. The standard InChI is InChI=1S/C14H16N6O2S3/c1-8-5-11(21)20-13(16-8)24-10(19-20)7-23-14-18-17-12(25-14)15-6-9-3-2-4-22-9/h5,9H,2-4,6-7H2,1H3,(H,15,17). The highest BCUT2D eigenvalue weighted by molar-refractivity contribution is 8.00. The summed E-state index contributed by atoms with van der Waals surface area (Å²) in [5.74, 6) is 0.632. The number of hydrogen-bond donors (Lipinski definition) is 1. The first-order chi connectivity index (χ1) is 12.2. The smallest absolute Gasteiger partial charge is 0.275 e. The van der Waals surface area contributed by atoms with Crippen LogP contribution in [0.2, 0.25) is 0 Å². The van der Waals surface area contributed by atoms with Gasteiger partial charge < -0.3 is 10.1 Å². The van der Waals surface area contributed by atoms with Gasteiger partial charge in [-0.1, -0.05) is 34.4 Å². The van der Waals surface area contributed by atoms with E-state index in [4.69, 9.17) is 4.74 Å². The SMILES string of the molecule is Cc1cc(=O)n2nc(CSc3nnc(NCC4CCCO4)s3)sc2n1. The van der Waals surface area contributed by atoms with E-state index >= 15 is 0 Å². The molecule has 4 heterocycles. The minimum Gasteiger partial charge on any atom is -0.376 e. The van der Waals surface area contributed by atoms with Gasteiger partial charge in [0.1, 0.15) is 5.01 Å². The molecule has 0 aliphatic carbocycles. The van der Waals surface area contributed by atoms with E-state index in [2.05, 4.69) is 25.6 Å². The molecule has 0 aromatic carbocycles. The van der Waals surface area contributed by atoms with Crippen LogP contribution in [-0.2, 0) is 10.5 Å². The number of nitrogens with one attached hydrogen (secondary N) is 1. The quantitative estimate of drug-likeness (QED) is 0.634. The zero-order chi connectivity index (χ0) is 17.2. The highest BCUT2D eigenvalue weighted by atomic mass is 32.2. The van der Waals surface area contributed by atoms with Crippen molar-refractivity contribution in [2.24, 2.45) is 0 Å². The fraction of sp³-hybridized carbons (Fsp3) is 0.500. The fourth-order valence-corrected chi connectivity index (χ4v) is 5.18. The van der Waals surface area contributed by atoms with E-state index in [1.807, 2.05) is 6.92 Å². The largest absolute Gasteiger partial charge is 0.376 e. The molecule has 11 heteroatoms. The van der Waals surface area contributed by atoms with Crippen molar-refractivity contribution in [1.82, 2.24) is 24.8 Å². The second kappa shape index (κ2) is 7.36. The second-order valence-electron chi connectivity index (χ2n) is 5.60. The van der Waals surface area contributed by atoms with E-state index in [0.717, 1.165) is 40.5 Å². The van der Waals surface area contributed by atoms with Crippen LogP contribution in [0.25, 0.3) is 4.96 Å². The molecule has 1 N–H and O–H groups in total. The van der Waals surface area contributed by atoms with Crippen LogP contribution in [0, 0.1) is 6.92 Å². The van der Waals surface area contributed by atoms with Crippen molar-refractivity contribution in [2.75, 3.05) is 18.5 Å². The summed E-state index contributed by atoms with van der Waals surface area (Å²) in [5.41, 5.74) is 0.561. The molecule has 1 fully saturated rings. The minimum atomic E-state index is -0.147. The number of fused-ring (bicyclic) bond motifs is 1. The van der Waals surface area contributed by atoms with E-state index in [9.17, 15) is 4.79 Å². The van der Waals surface area contributed by atoms with Gasteiger partial charge in [0.15, 0.2) is 4.34 Å². The number of rotatable bonds is 6. The first-order valence-corrected chi connectivity index (χ1v) is 10.5. The van der Waals surface area contributed by atoms with E-state index in [1.165, 1.54) is 33.3 Å². The zero-order valence-corrected chi connectivity index (χ0v) is 15.9. The van der Waals surface area contributed by atoms with Crippen molar-refractivity contribution >= 4 is 44.5 Å².